The fraction of sp³-hybridized carbons (Fsp3) is 0.222. The molecule has 0 spiro atoms. The molecule has 1 atom stereocenters. The fourth-order valence-electron chi connectivity index (χ4n) is 2.49. The van der Waals surface area contributed by atoms with E-state index in [0.29, 0.717) is 18.5 Å². The summed E-state index contributed by atoms with van der Waals surface area (Å²) in [7, 11) is 0. The molecule has 0 unspecified atom stereocenters. The molecule has 4 nitrogen and oxygen atoms in total. The van der Waals surface area contributed by atoms with Crippen LogP contribution >= 0.6 is 0 Å². The molecular formula is C18H17NO3. The van der Waals surface area contributed by atoms with Crippen LogP contribution in [0.5, 0.6) is 0 Å². The number of carbonyl (C=O) groups is 2. The van der Waals surface area contributed by atoms with Crippen LogP contribution in [0.2, 0.25) is 0 Å². The van der Waals surface area contributed by atoms with E-state index in [1.807, 2.05) is 43.3 Å². The van der Waals surface area contributed by atoms with Gasteiger partial charge in [-0.1, -0.05) is 48.0 Å². The van der Waals surface area contributed by atoms with E-state index in [-0.39, 0.29) is 5.91 Å². The highest BCUT2D eigenvalue weighted by Gasteiger charge is 2.30. The van der Waals surface area contributed by atoms with Gasteiger partial charge >= 0.3 is 5.97 Å². The molecule has 112 valence electrons. The van der Waals surface area contributed by atoms with E-state index in [4.69, 9.17) is 4.74 Å². The Bertz CT molecular complexity index is 707. The van der Waals surface area contributed by atoms with Gasteiger partial charge in [-0.3, -0.25) is 4.79 Å². The van der Waals surface area contributed by atoms with E-state index in [0.717, 1.165) is 11.1 Å². The van der Waals surface area contributed by atoms with E-state index < -0.39 is 12.1 Å². The topological polar surface area (TPSA) is 55.4 Å². The number of amides is 1. The van der Waals surface area contributed by atoms with E-state index >= 15 is 0 Å². The first-order valence-corrected chi connectivity index (χ1v) is 7.25. The molecule has 0 saturated heterocycles. The van der Waals surface area contributed by atoms with Crippen molar-refractivity contribution < 1.29 is 14.3 Å². The SMILES string of the molecule is Cc1ccc(CNC(=O)[C@H]2Cc3ccccc3C(=O)O2)cc1. The van der Waals surface area contributed by atoms with Gasteiger partial charge in [-0.2, -0.15) is 0 Å². The maximum atomic E-state index is 12.2. The van der Waals surface area contributed by atoms with Gasteiger partial charge in [0.15, 0.2) is 6.10 Å². The molecule has 0 aromatic heterocycles. The van der Waals surface area contributed by atoms with Crippen LogP contribution in [0.3, 0.4) is 0 Å². The Kier molecular flexibility index (Phi) is 3.92. The van der Waals surface area contributed by atoms with Crippen LogP contribution in [0.1, 0.15) is 27.0 Å². The summed E-state index contributed by atoms with van der Waals surface area (Å²) < 4.78 is 5.23. The zero-order valence-corrected chi connectivity index (χ0v) is 12.3. The van der Waals surface area contributed by atoms with Gasteiger partial charge in [0.25, 0.3) is 5.91 Å². The minimum absolute atomic E-state index is 0.261. The first-order chi connectivity index (χ1) is 10.6. The van der Waals surface area contributed by atoms with Gasteiger partial charge in [0, 0.05) is 13.0 Å². The Hall–Kier alpha value is -2.62. The van der Waals surface area contributed by atoms with Gasteiger partial charge in [0.2, 0.25) is 0 Å². The third-order valence-electron chi connectivity index (χ3n) is 3.77. The molecule has 1 aliphatic heterocycles. The lowest BCUT2D eigenvalue weighted by Gasteiger charge is -2.23. The highest BCUT2D eigenvalue weighted by molar-refractivity contribution is 5.95. The van der Waals surface area contributed by atoms with Crippen LogP contribution in [-0.4, -0.2) is 18.0 Å². The van der Waals surface area contributed by atoms with Crippen molar-refractivity contribution in [1.29, 1.82) is 0 Å². The van der Waals surface area contributed by atoms with Crippen molar-refractivity contribution in [3.05, 3.63) is 70.8 Å². The van der Waals surface area contributed by atoms with Gasteiger partial charge < -0.3 is 10.1 Å². The number of ether oxygens (including phenoxy) is 1. The molecule has 4 heteroatoms. The molecule has 1 heterocycles. The molecule has 2 aromatic rings. The molecule has 22 heavy (non-hydrogen) atoms. The molecule has 0 saturated carbocycles. The minimum Gasteiger partial charge on any atom is -0.448 e. The maximum absolute atomic E-state index is 12.2. The van der Waals surface area contributed by atoms with E-state index in [1.165, 1.54) is 5.56 Å². The summed E-state index contributed by atoms with van der Waals surface area (Å²) in [4.78, 5) is 24.1. The second kappa shape index (κ2) is 6.02. The van der Waals surface area contributed by atoms with Crippen LogP contribution in [-0.2, 0) is 22.5 Å². The number of hydrogen-bond donors (Lipinski definition) is 1. The second-order valence-corrected chi connectivity index (χ2v) is 5.46. The molecule has 1 aliphatic rings. The van der Waals surface area contributed by atoms with Crippen molar-refractivity contribution in [2.75, 3.05) is 0 Å². The largest absolute Gasteiger partial charge is 0.448 e. The van der Waals surface area contributed by atoms with Gasteiger partial charge in [0.05, 0.1) is 5.56 Å². The molecule has 0 aliphatic carbocycles. The van der Waals surface area contributed by atoms with Crippen LogP contribution in [0.4, 0.5) is 0 Å². The first kappa shape index (κ1) is 14.3. The zero-order chi connectivity index (χ0) is 15.5. The zero-order valence-electron chi connectivity index (χ0n) is 12.3. The summed E-state index contributed by atoms with van der Waals surface area (Å²) in [6.45, 7) is 2.44. The predicted molar refractivity (Wildman–Crippen MR) is 82.4 cm³/mol. The number of rotatable bonds is 3. The number of aryl methyl sites for hydroxylation is 1. The lowest BCUT2D eigenvalue weighted by atomic mass is 9.98. The summed E-state index contributed by atoms with van der Waals surface area (Å²) in [6, 6.07) is 15.2. The van der Waals surface area contributed by atoms with Gasteiger partial charge in [-0.15, -0.1) is 0 Å². The summed E-state index contributed by atoms with van der Waals surface area (Å²) in [5.74, 6) is -0.694. The number of cyclic esters (lactones) is 1. The van der Waals surface area contributed by atoms with Crippen LogP contribution in [0.15, 0.2) is 48.5 Å². The van der Waals surface area contributed by atoms with Crippen LogP contribution in [0, 0.1) is 6.92 Å². The van der Waals surface area contributed by atoms with E-state index in [9.17, 15) is 9.59 Å². The van der Waals surface area contributed by atoms with Crippen molar-refractivity contribution in [3.8, 4) is 0 Å². The standard InChI is InChI=1S/C18H17NO3/c1-12-6-8-13(9-7-12)11-19-17(20)16-10-14-4-2-3-5-15(14)18(21)22-16/h2-9,16H,10-11H2,1H3,(H,19,20)/t16-/m1/s1. The lowest BCUT2D eigenvalue weighted by Crippen LogP contribution is -2.41. The molecule has 0 fully saturated rings. The first-order valence-electron chi connectivity index (χ1n) is 7.25. The van der Waals surface area contributed by atoms with Crippen LogP contribution in [0.25, 0.3) is 0 Å². The predicted octanol–water partition coefficient (Wildman–Crippen LogP) is 2.39. The molecule has 3 rings (SSSR count). The number of esters is 1. The van der Waals surface area contributed by atoms with Crippen molar-refractivity contribution in [2.24, 2.45) is 0 Å². The number of fused-ring (bicyclic) bond motifs is 1. The van der Waals surface area contributed by atoms with Gasteiger partial charge in [-0.05, 0) is 24.1 Å². The summed E-state index contributed by atoms with van der Waals surface area (Å²) in [5, 5.41) is 2.82. The number of nitrogens with one attached hydrogen (secondary N) is 1. The molecule has 2 aromatic carbocycles. The average molecular weight is 295 g/mol. The third kappa shape index (κ3) is 3.01. The fourth-order valence-corrected chi connectivity index (χ4v) is 2.49. The molecule has 1 N–H and O–H groups in total. The van der Waals surface area contributed by atoms with Crippen molar-refractivity contribution in [1.82, 2.24) is 5.32 Å². The number of carbonyl (C=O) groups excluding carboxylic acids is 2. The highest BCUT2D eigenvalue weighted by atomic mass is 16.5. The third-order valence-corrected chi connectivity index (χ3v) is 3.77. The molecule has 0 radical (unpaired) electrons. The van der Waals surface area contributed by atoms with Crippen molar-refractivity contribution in [3.63, 3.8) is 0 Å². The Morgan fingerprint density at radius 3 is 2.68 bits per heavy atom. The minimum atomic E-state index is -0.757. The Balaban J connectivity index is 1.64. The van der Waals surface area contributed by atoms with Crippen molar-refractivity contribution in [2.45, 2.75) is 26.0 Å². The van der Waals surface area contributed by atoms with Crippen LogP contribution < -0.4 is 5.32 Å². The monoisotopic (exact) mass is 295 g/mol. The Labute approximate surface area is 129 Å². The van der Waals surface area contributed by atoms with E-state index in [1.54, 1.807) is 12.1 Å². The maximum Gasteiger partial charge on any atom is 0.339 e. The lowest BCUT2D eigenvalue weighted by molar-refractivity contribution is -0.130. The average Bonchev–Trinajstić information content (AvgIpc) is 2.54. The molecular weight excluding hydrogens is 278 g/mol. The molecule has 0 bridgehead atoms. The quantitative estimate of drug-likeness (QED) is 0.885. The van der Waals surface area contributed by atoms with Crippen molar-refractivity contribution >= 4 is 11.9 Å². The summed E-state index contributed by atoms with van der Waals surface area (Å²) >= 11 is 0. The smallest absolute Gasteiger partial charge is 0.339 e. The normalized spacial score (nSPS) is 16.6. The number of hydrogen-bond acceptors (Lipinski definition) is 3. The highest BCUT2D eigenvalue weighted by Crippen LogP contribution is 2.20. The second-order valence-electron chi connectivity index (χ2n) is 5.46. The Morgan fingerprint density at radius 2 is 1.91 bits per heavy atom. The summed E-state index contributed by atoms with van der Waals surface area (Å²) in [6.07, 6.45) is -0.338. The molecule has 1 amide bonds. The van der Waals surface area contributed by atoms with Gasteiger partial charge in [-0.25, -0.2) is 4.79 Å². The Morgan fingerprint density at radius 1 is 1.18 bits per heavy atom. The van der Waals surface area contributed by atoms with E-state index in [2.05, 4.69) is 5.32 Å². The number of benzene rings is 2. The summed E-state index contributed by atoms with van der Waals surface area (Å²) in [5.41, 5.74) is 3.59. The van der Waals surface area contributed by atoms with Gasteiger partial charge in [0.1, 0.15) is 0 Å².